The summed E-state index contributed by atoms with van der Waals surface area (Å²) in [6.45, 7) is 6.14. The van der Waals surface area contributed by atoms with Gasteiger partial charge in [0.2, 0.25) is 0 Å². The van der Waals surface area contributed by atoms with Crippen LogP contribution in [0.15, 0.2) is 182 Å². The molecule has 1 unspecified atom stereocenters. The molecule has 0 radical (unpaired) electrons. The van der Waals surface area contributed by atoms with Crippen molar-refractivity contribution in [3.05, 3.63) is 182 Å². The van der Waals surface area contributed by atoms with Crippen LogP contribution in [0.3, 0.4) is 0 Å². The number of carbonyl (C=O) groups is 3. The van der Waals surface area contributed by atoms with Gasteiger partial charge in [0.25, 0.3) is 0 Å². The fourth-order valence-electron chi connectivity index (χ4n) is 6.06. The summed E-state index contributed by atoms with van der Waals surface area (Å²) in [4.78, 5) is 38.0. The van der Waals surface area contributed by atoms with Gasteiger partial charge in [0, 0.05) is 19.3 Å². The van der Waals surface area contributed by atoms with Crippen LogP contribution in [-0.2, 0) is 28.6 Å². The largest absolute Gasteiger partial charge is 0.462 e. The standard InChI is InChI=1S/C62H90O6/c1-4-7-10-13-16-19-22-25-27-29-31-33-34-37-40-43-46-49-52-55-61(64)67-58-59(57-66-60(63)54-51-48-45-42-39-36-24-21-18-15-12-9-6-3)68-62(65)56-53-50-47-44-41-38-35-32-30-28-26-23-20-17-14-11-8-5-2/h7,9-12,14-21,23-28,30-33,35-37,39-40,42,45,59H,4-6,8,13,22,29,34,38,41,43-44,46-58H2,1-3H3/b10-7-,12-9-,14-11-,18-15-,19-16-,20-17-,24-21-,26-23-,27-25-,30-28-,33-31-,35-32-,39-36-,40-37-,45-42-. The maximum atomic E-state index is 12.8. The first kappa shape index (κ1) is 62.5. The highest BCUT2D eigenvalue weighted by Gasteiger charge is 2.19. The summed E-state index contributed by atoms with van der Waals surface area (Å²) in [6, 6.07) is 0. The number of unbranched alkanes of at least 4 members (excludes halogenated alkanes) is 10. The predicted octanol–water partition coefficient (Wildman–Crippen LogP) is 17.4. The Labute approximate surface area is 414 Å². The molecule has 6 nitrogen and oxygen atoms in total. The zero-order valence-corrected chi connectivity index (χ0v) is 42.5. The van der Waals surface area contributed by atoms with E-state index in [1.54, 1.807) is 0 Å². The van der Waals surface area contributed by atoms with Gasteiger partial charge in [0.15, 0.2) is 6.10 Å². The van der Waals surface area contributed by atoms with Crippen LogP contribution in [0.5, 0.6) is 0 Å². The molecule has 0 spiro atoms. The van der Waals surface area contributed by atoms with Crippen molar-refractivity contribution in [2.75, 3.05) is 13.2 Å². The Hall–Kier alpha value is -5.49. The van der Waals surface area contributed by atoms with Crippen molar-refractivity contribution < 1.29 is 28.6 Å². The van der Waals surface area contributed by atoms with Crippen LogP contribution in [0.25, 0.3) is 0 Å². The van der Waals surface area contributed by atoms with Crippen molar-refractivity contribution in [2.24, 2.45) is 0 Å². The predicted molar refractivity (Wildman–Crippen MR) is 292 cm³/mol. The summed E-state index contributed by atoms with van der Waals surface area (Å²) in [5.41, 5.74) is 0. The van der Waals surface area contributed by atoms with Gasteiger partial charge < -0.3 is 14.2 Å². The van der Waals surface area contributed by atoms with E-state index in [0.29, 0.717) is 12.8 Å². The van der Waals surface area contributed by atoms with Gasteiger partial charge in [-0.1, -0.05) is 235 Å². The van der Waals surface area contributed by atoms with Crippen LogP contribution in [0, 0.1) is 0 Å². The number of ether oxygens (including phenoxy) is 3. The SMILES string of the molecule is CC\C=C/C=C\C=C/C=C\C=C/CCCC(=O)OCC(COC(=O)CCCCC/C=C\C/C=C\C/C=C\C/C=C\C/C=C\CC)OC(=O)CCCCCCC\C=C/C=C\C=C/C=C\C=C/CCC. The van der Waals surface area contributed by atoms with Gasteiger partial charge in [-0.3, -0.25) is 14.4 Å². The van der Waals surface area contributed by atoms with Crippen molar-refractivity contribution in [1.29, 1.82) is 0 Å². The lowest BCUT2D eigenvalue weighted by atomic mass is 10.1. The van der Waals surface area contributed by atoms with E-state index in [0.717, 1.165) is 109 Å². The third kappa shape index (κ3) is 51.5. The highest BCUT2D eigenvalue weighted by atomic mass is 16.6. The van der Waals surface area contributed by atoms with Crippen molar-refractivity contribution in [2.45, 2.75) is 175 Å². The summed E-state index contributed by atoms with van der Waals surface area (Å²) >= 11 is 0. The molecule has 68 heavy (non-hydrogen) atoms. The minimum absolute atomic E-state index is 0.139. The molecule has 1 atom stereocenters. The summed E-state index contributed by atoms with van der Waals surface area (Å²) in [6.07, 6.45) is 81.6. The molecule has 0 bridgehead atoms. The normalized spacial score (nSPS) is 13.6. The van der Waals surface area contributed by atoms with Crippen molar-refractivity contribution >= 4 is 17.9 Å². The van der Waals surface area contributed by atoms with Gasteiger partial charge in [0.1, 0.15) is 13.2 Å². The van der Waals surface area contributed by atoms with E-state index in [1.165, 1.54) is 6.42 Å². The molecule has 0 aromatic carbocycles. The Morgan fingerprint density at radius 3 is 1.15 bits per heavy atom. The first-order chi connectivity index (χ1) is 33.5. The Morgan fingerprint density at radius 1 is 0.324 bits per heavy atom. The molecule has 0 aromatic rings. The van der Waals surface area contributed by atoms with E-state index in [9.17, 15) is 14.4 Å². The van der Waals surface area contributed by atoms with Gasteiger partial charge in [-0.05, 0) is 96.3 Å². The average Bonchev–Trinajstić information content (AvgIpc) is 3.34. The Morgan fingerprint density at radius 2 is 0.662 bits per heavy atom. The lowest BCUT2D eigenvalue weighted by Gasteiger charge is -2.18. The monoisotopic (exact) mass is 931 g/mol. The Bertz CT molecular complexity index is 1680. The molecule has 0 aliphatic carbocycles. The van der Waals surface area contributed by atoms with E-state index < -0.39 is 6.10 Å². The Kier molecular flexibility index (Phi) is 49.7. The Balaban J connectivity index is 4.64. The van der Waals surface area contributed by atoms with Crippen LogP contribution in [0.1, 0.15) is 168 Å². The highest BCUT2D eigenvalue weighted by molar-refractivity contribution is 5.71. The third-order valence-electron chi connectivity index (χ3n) is 9.86. The zero-order valence-electron chi connectivity index (χ0n) is 42.5. The summed E-state index contributed by atoms with van der Waals surface area (Å²) in [7, 11) is 0. The number of carbonyl (C=O) groups excluding carboxylic acids is 3. The average molecular weight is 931 g/mol. The van der Waals surface area contributed by atoms with E-state index >= 15 is 0 Å². The molecule has 374 valence electrons. The number of rotatable bonds is 43. The van der Waals surface area contributed by atoms with Crippen molar-refractivity contribution in [3.63, 3.8) is 0 Å². The van der Waals surface area contributed by atoms with Gasteiger partial charge in [0.05, 0.1) is 0 Å². The van der Waals surface area contributed by atoms with Gasteiger partial charge >= 0.3 is 17.9 Å². The second-order valence-corrected chi connectivity index (χ2v) is 16.2. The fourth-order valence-corrected chi connectivity index (χ4v) is 6.06. The van der Waals surface area contributed by atoms with Crippen LogP contribution < -0.4 is 0 Å². The van der Waals surface area contributed by atoms with Gasteiger partial charge in [-0.2, -0.15) is 0 Å². The van der Waals surface area contributed by atoms with Gasteiger partial charge in [-0.15, -0.1) is 0 Å². The van der Waals surface area contributed by atoms with Crippen LogP contribution in [0.4, 0.5) is 0 Å². The lowest BCUT2D eigenvalue weighted by molar-refractivity contribution is -0.167. The topological polar surface area (TPSA) is 78.9 Å². The second kappa shape index (κ2) is 54.1. The van der Waals surface area contributed by atoms with E-state index in [4.69, 9.17) is 14.2 Å². The van der Waals surface area contributed by atoms with E-state index in [-0.39, 0.29) is 50.4 Å². The maximum Gasteiger partial charge on any atom is 0.306 e. The molecule has 0 saturated heterocycles. The smallest absolute Gasteiger partial charge is 0.306 e. The molecule has 0 N–H and O–H groups in total. The second-order valence-electron chi connectivity index (χ2n) is 16.2. The highest BCUT2D eigenvalue weighted by Crippen LogP contribution is 2.11. The van der Waals surface area contributed by atoms with Crippen molar-refractivity contribution in [3.8, 4) is 0 Å². The molecule has 0 saturated carbocycles. The van der Waals surface area contributed by atoms with Crippen LogP contribution in [0.2, 0.25) is 0 Å². The molecule has 6 heteroatoms. The number of hydrogen-bond acceptors (Lipinski definition) is 6. The first-order valence-electron chi connectivity index (χ1n) is 25.9. The molecule has 0 aliphatic heterocycles. The molecular weight excluding hydrogens is 841 g/mol. The maximum absolute atomic E-state index is 12.8. The molecule has 0 heterocycles. The number of hydrogen-bond donors (Lipinski definition) is 0. The zero-order chi connectivity index (χ0) is 49.3. The number of allylic oxidation sites excluding steroid dienone is 30. The van der Waals surface area contributed by atoms with Gasteiger partial charge in [-0.25, -0.2) is 0 Å². The first-order valence-corrected chi connectivity index (χ1v) is 25.9. The molecular formula is C62H90O6. The molecule has 0 aliphatic rings. The van der Waals surface area contributed by atoms with E-state index in [2.05, 4.69) is 112 Å². The van der Waals surface area contributed by atoms with Crippen LogP contribution >= 0.6 is 0 Å². The third-order valence-corrected chi connectivity index (χ3v) is 9.86. The summed E-state index contributed by atoms with van der Waals surface area (Å²) < 4.78 is 16.7. The van der Waals surface area contributed by atoms with Crippen LogP contribution in [-0.4, -0.2) is 37.2 Å². The number of esters is 3. The van der Waals surface area contributed by atoms with Crippen molar-refractivity contribution in [1.82, 2.24) is 0 Å². The molecule has 0 aromatic heterocycles. The fraction of sp³-hybridized carbons (Fsp3) is 0.468. The molecule has 0 rings (SSSR count). The van der Waals surface area contributed by atoms with E-state index in [1.807, 2.05) is 91.1 Å². The minimum atomic E-state index is -0.846. The minimum Gasteiger partial charge on any atom is -0.462 e. The summed E-state index contributed by atoms with van der Waals surface area (Å²) in [5.74, 6) is -1.09. The molecule has 0 amide bonds. The quantitative estimate of drug-likeness (QED) is 0.0199. The lowest BCUT2D eigenvalue weighted by Crippen LogP contribution is -2.30. The summed E-state index contributed by atoms with van der Waals surface area (Å²) in [5, 5.41) is 0. The molecule has 0 fully saturated rings.